The Morgan fingerprint density at radius 3 is 2.05 bits per heavy atom. The number of benzene rings is 2. The van der Waals surface area contributed by atoms with Gasteiger partial charge in [-0.3, -0.25) is 9.59 Å². The third-order valence-corrected chi connectivity index (χ3v) is 12.2. The van der Waals surface area contributed by atoms with Crippen molar-refractivity contribution in [1.29, 1.82) is 0 Å². The van der Waals surface area contributed by atoms with E-state index in [1.54, 1.807) is 0 Å². The number of H-pyrrole nitrogens is 2. The summed E-state index contributed by atoms with van der Waals surface area (Å²) in [4.78, 5) is 72.1. The number of aromatic nitrogens is 4. The first-order chi connectivity index (χ1) is 28.0. The molecule has 14 nitrogen and oxygen atoms in total. The molecule has 5 N–H and O–H groups in total. The number of hydrogen-bond acceptors (Lipinski definition) is 7. The van der Waals surface area contributed by atoms with E-state index >= 15 is 0 Å². The summed E-state index contributed by atoms with van der Waals surface area (Å²) < 4.78 is 4.77. The lowest BCUT2D eigenvalue weighted by atomic mass is 9.71. The molecule has 2 aliphatic heterocycles. The molecule has 58 heavy (non-hydrogen) atoms. The van der Waals surface area contributed by atoms with Crippen molar-refractivity contribution in [3.63, 3.8) is 0 Å². The summed E-state index contributed by atoms with van der Waals surface area (Å²) in [5, 5.41) is 8.11. The van der Waals surface area contributed by atoms with E-state index in [-0.39, 0.29) is 35.2 Å². The first kappa shape index (κ1) is 40.3. The van der Waals surface area contributed by atoms with Gasteiger partial charge in [-0.15, -0.1) is 0 Å². The van der Waals surface area contributed by atoms with Gasteiger partial charge in [0.05, 0.1) is 43.0 Å². The predicted octanol–water partition coefficient (Wildman–Crippen LogP) is 6.70. The van der Waals surface area contributed by atoms with Crippen LogP contribution in [0.4, 0.5) is 9.59 Å². The maximum absolute atomic E-state index is 13.9. The highest BCUT2D eigenvalue weighted by atomic mass is 16.5. The second-order valence-corrected chi connectivity index (χ2v) is 16.2. The van der Waals surface area contributed by atoms with Gasteiger partial charge in [0.15, 0.2) is 0 Å². The highest BCUT2D eigenvalue weighted by Gasteiger charge is 2.39. The van der Waals surface area contributed by atoms with Gasteiger partial charge in [-0.2, -0.15) is 0 Å². The van der Waals surface area contributed by atoms with Crippen LogP contribution in [0, 0.1) is 5.92 Å². The number of hydrogen-bond donors (Lipinski definition) is 5. The summed E-state index contributed by atoms with van der Waals surface area (Å²) in [5.74, 6) is 1.13. The molecule has 7 rings (SSSR count). The first-order valence-corrected chi connectivity index (χ1v) is 20.4. The van der Waals surface area contributed by atoms with Gasteiger partial charge in [0.25, 0.3) is 0 Å². The van der Waals surface area contributed by atoms with Gasteiger partial charge in [-0.1, -0.05) is 81.4 Å². The van der Waals surface area contributed by atoms with Crippen LogP contribution in [-0.2, 0) is 19.7 Å². The Labute approximate surface area is 339 Å². The first-order valence-electron chi connectivity index (χ1n) is 20.4. The maximum atomic E-state index is 13.9. The predicted molar refractivity (Wildman–Crippen MR) is 220 cm³/mol. The van der Waals surface area contributed by atoms with Crippen LogP contribution in [-0.4, -0.2) is 87.0 Å². The van der Waals surface area contributed by atoms with Crippen LogP contribution in [0.3, 0.4) is 0 Å². The molecule has 2 aromatic carbocycles. The van der Waals surface area contributed by atoms with Gasteiger partial charge < -0.3 is 40.5 Å². The molecule has 4 heterocycles. The molecule has 0 spiro atoms. The molecule has 2 aromatic heterocycles. The van der Waals surface area contributed by atoms with Crippen molar-refractivity contribution in [2.24, 2.45) is 5.92 Å². The van der Waals surface area contributed by atoms with Crippen LogP contribution < -0.4 is 16.0 Å². The fourth-order valence-electron chi connectivity index (χ4n) is 8.65. The van der Waals surface area contributed by atoms with E-state index in [9.17, 15) is 19.2 Å². The zero-order valence-corrected chi connectivity index (χ0v) is 34.0. The average Bonchev–Trinajstić information content (AvgIpc) is 4.09. The number of alkyl carbamates (subject to hydrolysis) is 1. The molecule has 4 aromatic rings. The smallest absolute Gasteiger partial charge is 0.407 e. The fourth-order valence-corrected chi connectivity index (χ4v) is 8.65. The van der Waals surface area contributed by atoms with Crippen molar-refractivity contribution in [3.8, 4) is 11.3 Å². The van der Waals surface area contributed by atoms with E-state index in [0.717, 1.165) is 79.1 Å². The number of nitrogens with one attached hydrogen (secondary N) is 5. The largest absolute Gasteiger partial charge is 0.453 e. The second-order valence-electron chi connectivity index (χ2n) is 16.2. The Morgan fingerprint density at radius 2 is 1.47 bits per heavy atom. The lowest BCUT2D eigenvalue weighted by Crippen LogP contribution is -2.51. The van der Waals surface area contributed by atoms with E-state index in [4.69, 9.17) is 14.7 Å². The molecule has 0 radical (unpaired) electrons. The van der Waals surface area contributed by atoms with E-state index < -0.39 is 24.2 Å². The van der Waals surface area contributed by atoms with Gasteiger partial charge in [-0.05, 0) is 78.5 Å². The molecule has 3 aliphatic rings. The molecule has 5 atom stereocenters. The quantitative estimate of drug-likeness (QED) is 0.112. The number of carbonyl (C=O) groups is 4. The lowest BCUT2D eigenvalue weighted by Gasteiger charge is -2.33. The third-order valence-electron chi connectivity index (χ3n) is 12.2. The zero-order chi connectivity index (χ0) is 41.0. The van der Waals surface area contributed by atoms with Crippen molar-refractivity contribution in [2.75, 3.05) is 27.2 Å². The Hall–Kier alpha value is -5.92. The number of likely N-dealkylation sites (tertiary alicyclic amines) is 2. The van der Waals surface area contributed by atoms with Gasteiger partial charge in [-0.25, -0.2) is 19.6 Å². The highest BCUT2D eigenvalue weighted by molar-refractivity contribution is 5.89. The molecule has 5 amide bonds. The van der Waals surface area contributed by atoms with Gasteiger partial charge in [0, 0.05) is 20.1 Å². The summed E-state index contributed by atoms with van der Waals surface area (Å²) in [6.45, 7) is 7.33. The zero-order valence-electron chi connectivity index (χ0n) is 34.0. The molecular weight excluding hydrogens is 735 g/mol. The van der Waals surface area contributed by atoms with Crippen molar-refractivity contribution < 1.29 is 23.9 Å². The van der Waals surface area contributed by atoms with Crippen LogP contribution in [0.15, 0.2) is 73.1 Å². The topological polar surface area (TPSA) is 177 Å². The van der Waals surface area contributed by atoms with Crippen LogP contribution in [0.5, 0.6) is 0 Å². The summed E-state index contributed by atoms with van der Waals surface area (Å²) in [7, 11) is 2.83. The minimum atomic E-state index is -0.810. The molecule has 0 saturated carbocycles. The number of imidazole rings is 2. The Kier molecular flexibility index (Phi) is 12.0. The second kappa shape index (κ2) is 17.3. The highest BCUT2D eigenvalue weighted by Crippen LogP contribution is 2.42. The Balaban J connectivity index is 0.998. The number of aromatic amines is 2. The lowest BCUT2D eigenvalue weighted by molar-refractivity contribution is -0.135. The van der Waals surface area contributed by atoms with E-state index in [1.807, 2.05) is 66.4 Å². The van der Waals surface area contributed by atoms with Gasteiger partial charge in [0.1, 0.15) is 23.7 Å². The Morgan fingerprint density at radius 1 is 0.845 bits per heavy atom. The van der Waals surface area contributed by atoms with Crippen molar-refractivity contribution >= 4 is 29.5 Å². The maximum Gasteiger partial charge on any atom is 0.407 e. The van der Waals surface area contributed by atoms with Crippen LogP contribution in [0.25, 0.3) is 16.8 Å². The number of methoxy groups -OCH3 is 1. The van der Waals surface area contributed by atoms with Gasteiger partial charge in [0.2, 0.25) is 11.8 Å². The number of ether oxygens (including phenoxy) is 1. The third kappa shape index (κ3) is 8.37. The number of allylic oxidation sites excluding steroid dienone is 2. The summed E-state index contributed by atoms with van der Waals surface area (Å²) in [6.07, 6.45) is 11.4. The van der Waals surface area contributed by atoms with E-state index in [0.29, 0.717) is 13.1 Å². The molecule has 2 saturated heterocycles. The number of carbonyl (C=O) groups excluding carboxylic acids is 4. The number of urea groups is 1. The molecule has 1 aliphatic carbocycles. The number of nitrogens with zero attached hydrogens (tertiary/aromatic N) is 4. The molecule has 14 heteroatoms. The van der Waals surface area contributed by atoms with Crippen molar-refractivity contribution in [3.05, 3.63) is 102 Å². The van der Waals surface area contributed by atoms with Crippen molar-refractivity contribution in [2.45, 2.75) is 95.3 Å². The minimum absolute atomic E-state index is 0.0418. The monoisotopic (exact) mass is 789 g/mol. The Bertz CT molecular complexity index is 2130. The fraction of sp³-hybridized carbons (Fsp3) is 0.455. The normalized spacial score (nSPS) is 21.7. The van der Waals surface area contributed by atoms with E-state index in [2.05, 4.69) is 63.2 Å². The summed E-state index contributed by atoms with van der Waals surface area (Å²) in [5.41, 5.74) is 6.06. The minimum Gasteiger partial charge on any atom is -0.453 e. The van der Waals surface area contributed by atoms with Crippen LogP contribution in [0.2, 0.25) is 0 Å². The van der Waals surface area contributed by atoms with E-state index in [1.165, 1.54) is 25.3 Å². The van der Waals surface area contributed by atoms with Gasteiger partial charge >= 0.3 is 12.1 Å². The SMILES string of the molecule is CNC(=O)N[C@@H](C(=O)N1CCC[C@H]1c1ncc(-c2ccc(C3(C)CC=C(c4cnc([C@@H]5CCCN5C(=O)[C@@H](NC(=O)OC)C(C)C)[nH]4)CC3)cc2)[nH]1)c1ccccc1. The van der Waals surface area contributed by atoms with Crippen LogP contribution >= 0.6 is 0 Å². The number of rotatable bonds is 11. The van der Waals surface area contributed by atoms with Crippen LogP contribution in [0.1, 0.15) is 112 Å². The molecule has 1 unspecified atom stereocenters. The average molecular weight is 790 g/mol. The van der Waals surface area contributed by atoms with Crippen molar-refractivity contribution in [1.82, 2.24) is 45.7 Å². The summed E-state index contributed by atoms with van der Waals surface area (Å²) >= 11 is 0. The molecule has 0 bridgehead atoms. The number of amides is 5. The molecular formula is C44H55N9O5. The molecule has 2 fully saturated rings. The molecule has 306 valence electrons. The standard InChI is InChI=1S/C44H55N9O5/c1-27(2)36(51-43(57)58-5)40(54)52-23-9-13-34(52)38-47-26-33(49-38)29-19-21-44(3,22-20-29)31-17-15-28(16-18-31)32-25-46-39(48-32)35-14-10-24-53(35)41(55)37(50-42(56)45-4)30-11-7-6-8-12-30/h6-8,11-12,15-19,25-27,34-37H,9-10,13-14,20-24H2,1-5H3,(H,46,48)(H,47,49)(H,51,57)(H2,45,50,56)/t34-,35-,36-,37+,44?/m0/s1. The summed E-state index contributed by atoms with van der Waals surface area (Å²) in [6, 6.07) is 15.7.